The van der Waals surface area contributed by atoms with Gasteiger partial charge in [0.15, 0.2) is 18.9 Å². The van der Waals surface area contributed by atoms with E-state index < -0.39 is 124 Å². The maximum atomic E-state index is 13.3. The highest BCUT2D eigenvalue weighted by molar-refractivity contribution is 5.76. The van der Waals surface area contributed by atoms with Gasteiger partial charge in [-0.1, -0.05) is 230 Å². The molecule has 0 radical (unpaired) electrons. The highest BCUT2D eigenvalue weighted by Crippen LogP contribution is 2.33. The van der Waals surface area contributed by atoms with Crippen molar-refractivity contribution >= 4 is 5.91 Å². The van der Waals surface area contributed by atoms with Crippen LogP contribution in [0.4, 0.5) is 0 Å². The summed E-state index contributed by atoms with van der Waals surface area (Å²) in [7, 11) is 0. The van der Waals surface area contributed by atoms with Gasteiger partial charge in [0, 0.05) is 6.42 Å². The Labute approximate surface area is 504 Å². The summed E-state index contributed by atoms with van der Waals surface area (Å²) in [5.41, 5.74) is 0. The zero-order valence-electron chi connectivity index (χ0n) is 51.6. The van der Waals surface area contributed by atoms with Crippen LogP contribution in [-0.2, 0) is 33.2 Å². The van der Waals surface area contributed by atoms with Crippen LogP contribution in [0.3, 0.4) is 0 Å². The molecular formula is C65H119NO18. The molecule has 0 aromatic carbocycles. The quantitative estimate of drug-likeness (QED) is 0.0205. The topological polar surface area (TPSA) is 307 Å². The van der Waals surface area contributed by atoms with E-state index in [-0.39, 0.29) is 18.9 Å². The van der Waals surface area contributed by atoms with Gasteiger partial charge >= 0.3 is 0 Å². The van der Waals surface area contributed by atoms with Gasteiger partial charge in [-0.05, 0) is 39.0 Å². The lowest BCUT2D eigenvalue weighted by atomic mass is 9.96. The van der Waals surface area contributed by atoms with Gasteiger partial charge < -0.3 is 89.9 Å². The molecular weight excluding hydrogens is 1080 g/mol. The number of allylic oxidation sites excluding steroid dienone is 5. The van der Waals surface area contributed by atoms with Crippen LogP contribution in [0, 0.1) is 0 Å². The van der Waals surface area contributed by atoms with Crippen LogP contribution in [0.15, 0.2) is 36.5 Å². The van der Waals surface area contributed by atoms with Gasteiger partial charge in [0.2, 0.25) is 5.91 Å². The van der Waals surface area contributed by atoms with Crippen LogP contribution >= 0.6 is 0 Å². The van der Waals surface area contributed by atoms with E-state index in [1.807, 2.05) is 19.1 Å². The van der Waals surface area contributed by atoms with Gasteiger partial charge in [-0.2, -0.15) is 0 Å². The lowest BCUT2D eigenvalue weighted by Gasteiger charge is -2.48. The number of nitrogens with one attached hydrogen (secondary N) is 1. The lowest BCUT2D eigenvalue weighted by Crippen LogP contribution is -2.66. The summed E-state index contributed by atoms with van der Waals surface area (Å²) >= 11 is 0. The molecule has 492 valence electrons. The monoisotopic (exact) mass is 1200 g/mol. The first-order chi connectivity index (χ1) is 40.8. The Morgan fingerprint density at radius 2 is 0.786 bits per heavy atom. The second kappa shape index (κ2) is 47.9. The summed E-state index contributed by atoms with van der Waals surface area (Å²) in [5, 5.41) is 120. The number of aliphatic hydroxyl groups excluding tert-OH is 11. The number of hydrogen-bond donors (Lipinski definition) is 12. The summed E-state index contributed by atoms with van der Waals surface area (Å²) in [6.07, 6.45) is 27.7. The Hall–Kier alpha value is -1.99. The highest BCUT2D eigenvalue weighted by atomic mass is 16.8. The summed E-state index contributed by atoms with van der Waals surface area (Å²) in [6.45, 7) is 1.47. The molecule has 0 aromatic rings. The predicted molar refractivity (Wildman–Crippen MR) is 323 cm³/mol. The van der Waals surface area contributed by atoms with Gasteiger partial charge in [0.05, 0.1) is 38.6 Å². The summed E-state index contributed by atoms with van der Waals surface area (Å²) in [5.74, 6) is -0.289. The SMILES string of the molecule is C/C=C/CC/C=C/CC/C=C/C(O)C(COC1OC(CO)C(OC2OC(CO)C(OC3OC(CO)C(O)C(O)C3O)C(O)C2O)C(O)C1O)NC(=O)CCCCCCCCCCCCCCCCCCCCCCCCCCCCCCCC. The van der Waals surface area contributed by atoms with Crippen LogP contribution in [-0.4, -0.2) is 193 Å². The third kappa shape index (κ3) is 30.5. The molecule has 3 fully saturated rings. The van der Waals surface area contributed by atoms with E-state index in [9.17, 15) is 61.0 Å². The fourth-order valence-electron chi connectivity index (χ4n) is 11.3. The highest BCUT2D eigenvalue weighted by Gasteiger charge is 2.53. The maximum absolute atomic E-state index is 13.3. The minimum atomic E-state index is -1.98. The number of rotatable bonds is 50. The number of aliphatic hydroxyl groups is 11. The molecule has 0 aromatic heterocycles. The first kappa shape index (κ1) is 76.3. The van der Waals surface area contributed by atoms with Crippen molar-refractivity contribution < 1.29 is 89.4 Å². The number of amides is 1. The van der Waals surface area contributed by atoms with Crippen molar-refractivity contribution in [3.8, 4) is 0 Å². The average molecular weight is 1200 g/mol. The Kier molecular flexibility index (Phi) is 43.5. The van der Waals surface area contributed by atoms with Gasteiger partial charge in [0.1, 0.15) is 73.2 Å². The fourth-order valence-corrected chi connectivity index (χ4v) is 11.3. The summed E-state index contributed by atoms with van der Waals surface area (Å²) in [4.78, 5) is 13.3. The minimum absolute atomic E-state index is 0.235. The molecule has 0 aliphatic carbocycles. The van der Waals surface area contributed by atoms with E-state index in [2.05, 4.69) is 30.5 Å². The minimum Gasteiger partial charge on any atom is -0.394 e. The molecule has 17 atom stereocenters. The van der Waals surface area contributed by atoms with E-state index >= 15 is 0 Å². The van der Waals surface area contributed by atoms with Gasteiger partial charge in [-0.3, -0.25) is 4.79 Å². The molecule has 17 unspecified atom stereocenters. The van der Waals surface area contributed by atoms with Crippen molar-refractivity contribution in [3.05, 3.63) is 36.5 Å². The first-order valence-corrected chi connectivity index (χ1v) is 33.2. The number of ether oxygens (including phenoxy) is 6. The zero-order valence-corrected chi connectivity index (χ0v) is 51.6. The smallest absolute Gasteiger partial charge is 0.220 e. The first-order valence-electron chi connectivity index (χ1n) is 33.2. The molecule has 84 heavy (non-hydrogen) atoms. The van der Waals surface area contributed by atoms with Crippen molar-refractivity contribution in [2.75, 3.05) is 26.4 Å². The molecule has 19 heteroatoms. The largest absolute Gasteiger partial charge is 0.394 e. The van der Waals surface area contributed by atoms with Gasteiger partial charge in [-0.15, -0.1) is 0 Å². The third-order valence-corrected chi connectivity index (χ3v) is 16.8. The zero-order chi connectivity index (χ0) is 61.2. The van der Waals surface area contributed by atoms with Crippen LogP contribution < -0.4 is 5.32 Å². The summed E-state index contributed by atoms with van der Waals surface area (Å²) in [6, 6.07) is -0.992. The normalized spacial score (nSPS) is 29.4. The Morgan fingerprint density at radius 1 is 0.440 bits per heavy atom. The van der Waals surface area contributed by atoms with Crippen LogP contribution in [0.1, 0.15) is 239 Å². The van der Waals surface area contributed by atoms with Crippen molar-refractivity contribution in [2.24, 2.45) is 0 Å². The molecule has 3 aliphatic rings. The van der Waals surface area contributed by atoms with E-state index in [1.165, 1.54) is 167 Å². The number of carbonyl (C=O) groups excluding carboxylic acids is 1. The third-order valence-electron chi connectivity index (χ3n) is 16.8. The van der Waals surface area contributed by atoms with E-state index in [4.69, 9.17) is 28.4 Å². The standard InChI is InChI=1S/C65H119NO18/c1-3-5-7-9-11-13-14-15-16-17-18-19-20-21-22-23-24-25-26-27-28-29-30-31-32-33-35-37-39-41-43-53(71)66-48(49(70)42-40-38-36-34-12-10-8-6-4-2)47-79-63-59(77)56(74)61(51(45-68)81-63)84-65-60(78)57(75)62(52(46-69)82-65)83-64-58(76)55(73)54(72)50(44-67)80-64/h4,6,12,34,40,42,48-52,54-65,67-70,72-78H,3,5,7-11,13-33,35-39,41,43-47H2,1-2H3,(H,66,71)/b6-4+,34-12+,42-40+. The maximum Gasteiger partial charge on any atom is 0.220 e. The van der Waals surface area contributed by atoms with Gasteiger partial charge in [0.25, 0.3) is 0 Å². The number of hydrogen-bond acceptors (Lipinski definition) is 18. The second-order valence-electron chi connectivity index (χ2n) is 23.9. The predicted octanol–water partition coefficient (Wildman–Crippen LogP) is 7.66. The van der Waals surface area contributed by atoms with Crippen molar-refractivity contribution in [1.82, 2.24) is 5.32 Å². The van der Waals surface area contributed by atoms with E-state index in [1.54, 1.807) is 6.08 Å². The van der Waals surface area contributed by atoms with Crippen molar-refractivity contribution in [3.63, 3.8) is 0 Å². The van der Waals surface area contributed by atoms with Crippen LogP contribution in [0.5, 0.6) is 0 Å². The van der Waals surface area contributed by atoms with Crippen molar-refractivity contribution in [1.29, 1.82) is 0 Å². The summed E-state index contributed by atoms with van der Waals surface area (Å²) < 4.78 is 34.2. The van der Waals surface area contributed by atoms with Crippen LogP contribution in [0.25, 0.3) is 0 Å². The number of carbonyl (C=O) groups is 1. The molecule has 3 aliphatic heterocycles. The fraction of sp³-hybridized carbons (Fsp3) is 0.892. The van der Waals surface area contributed by atoms with E-state index in [0.717, 1.165) is 38.5 Å². The molecule has 3 saturated heterocycles. The molecule has 0 saturated carbocycles. The second-order valence-corrected chi connectivity index (χ2v) is 23.9. The molecule has 3 rings (SSSR count). The Morgan fingerprint density at radius 3 is 1.19 bits per heavy atom. The molecule has 12 N–H and O–H groups in total. The van der Waals surface area contributed by atoms with Gasteiger partial charge in [-0.25, -0.2) is 0 Å². The molecule has 19 nitrogen and oxygen atoms in total. The lowest BCUT2D eigenvalue weighted by molar-refractivity contribution is -0.379. The Balaban J connectivity index is 1.35. The van der Waals surface area contributed by atoms with E-state index in [0.29, 0.717) is 12.8 Å². The average Bonchev–Trinajstić information content (AvgIpc) is 3.69. The molecule has 3 heterocycles. The number of unbranched alkanes of at least 4 members (excludes halogenated alkanes) is 31. The molecule has 0 bridgehead atoms. The molecule has 1 amide bonds. The van der Waals surface area contributed by atoms with Crippen LogP contribution in [0.2, 0.25) is 0 Å². The van der Waals surface area contributed by atoms with Crippen molar-refractivity contribution in [2.45, 2.75) is 343 Å². The molecule has 0 spiro atoms. The Bertz CT molecular complexity index is 1670.